The molecule has 1 aliphatic rings. The van der Waals surface area contributed by atoms with Crippen LogP contribution >= 0.6 is 11.6 Å². The topological polar surface area (TPSA) is 32.3 Å². The van der Waals surface area contributed by atoms with Gasteiger partial charge < -0.3 is 10.2 Å². The van der Waals surface area contributed by atoms with E-state index < -0.39 is 0 Å². The molecule has 0 spiro atoms. The number of rotatable bonds is 5. The Hall–Kier alpha value is -1.06. The Balaban J connectivity index is 1.79. The van der Waals surface area contributed by atoms with Crippen LogP contribution in [-0.4, -0.2) is 37.0 Å². The van der Waals surface area contributed by atoms with E-state index in [1.807, 2.05) is 24.3 Å². The molecule has 1 amide bonds. The number of nitrogens with one attached hydrogen (secondary N) is 1. The van der Waals surface area contributed by atoms with Crippen LogP contribution in [0.1, 0.15) is 28.8 Å². The van der Waals surface area contributed by atoms with E-state index in [0.29, 0.717) is 18.0 Å². The second-order valence-corrected chi connectivity index (χ2v) is 4.91. The number of carbonyl (C=O) groups excluding carboxylic acids is 1. The first-order valence-corrected chi connectivity index (χ1v) is 6.98. The zero-order chi connectivity index (χ0) is 12.8. The number of amides is 1. The highest BCUT2D eigenvalue weighted by molar-refractivity contribution is 6.17. The van der Waals surface area contributed by atoms with Gasteiger partial charge in [-0.2, -0.15) is 0 Å². The van der Waals surface area contributed by atoms with Gasteiger partial charge in [-0.15, -0.1) is 11.6 Å². The summed E-state index contributed by atoms with van der Waals surface area (Å²) in [4.78, 5) is 14.3. The van der Waals surface area contributed by atoms with Crippen LogP contribution in [0.3, 0.4) is 0 Å². The molecule has 1 fully saturated rings. The lowest BCUT2D eigenvalue weighted by Crippen LogP contribution is -2.33. The van der Waals surface area contributed by atoms with Crippen LogP contribution in [0.4, 0.5) is 0 Å². The van der Waals surface area contributed by atoms with E-state index >= 15 is 0 Å². The van der Waals surface area contributed by atoms with Gasteiger partial charge in [0.1, 0.15) is 0 Å². The van der Waals surface area contributed by atoms with Crippen LogP contribution in [0.25, 0.3) is 0 Å². The normalized spacial score (nSPS) is 15.8. The van der Waals surface area contributed by atoms with Gasteiger partial charge in [-0.05, 0) is 43.6 Å². The van der Waals surface area contributed by atoms with Crippen molar-refractivity contribution in [3.63, 3.8) is 0 Å². The number of likely N-dealkylation sites (tertiary alicyclic amines) is 1. The molecule has 1 aliphatic heterocycles. The second-order valence-electron chi connectivity index (χ2n) is 4.64. The number of alkyl halides is 1. The second kappa shape index (κ2) is 6.76. The number of carbonyl (C=O) groups is 1. The molecule has 1 saturated heterocycles. The van der Waals surface area contributed by atoms with Crippen molar-refractivity contribution >= 4 is 17.5 Å². The number of hydrogen-bond donors (Lipinski definition) is 1. The summed E-state index contributed by atoms with van der Waals surface area (Å²) in [6.45, 7) is 3.99. The minimum Gasteiger partial charge on any atom is -0.351 e. The first kappa shape index (κ1) is 13.4. The van der Waals surface area contributed by atoms with Gasteiger partial charge in [0.2, 0.25) is 0 Å². The lowest BCUT2D eigenvalue weighted by Gasteiger charge is -2.14. The maximum Gasteiger partial charge on any atom is 0.251 e. The molecule has 98 valence electrons. The molecule has 1 aromatic rings. The molecule has 0 unspecified atom stereocenters. The third kappa shape index (κ3) is 3.72. The zero-order valence-corrected chi connectivity index (χ0v) is 11.2. The van der Waals surface area contributed by atoms with E-state index in [1.165, 1.54) is 12.8 Å². The van der Waals surface area contributed by atoms with Gasteiger partial charge in [0.05, 0.1) is 0 Å². The number of halogens is 1. The monoisotopic (exact) mass is 266 g/mol. The maximum atomic E-state index is 11.9. The van der Waals surface area contributed by atoms with E-state index in [1.54, 1.807) is 0 Å². The number of benzene rings is 1. The smallest absolute Gasteiger partial charge is 0.251 e. The van der Waals surface area contributed by atoms with Crippen LogP contribution in [0.15, 0.2) is 24.3 Å². The van der Waals surface area contributed by atoms with Crippen LogP contribution < -0.4 is 5.32 Å². The fourth-order valence-corrected chi connectivity index (χ4v) is 2.40. The quantitative estimate of drug-likeness (QED) is 0.829. The van der Waals surface area contributed by atoms with Crippen molar-refractivity contribution in [2.45, 2.75) is 18.7 Å². The zero-order valence-electron chi connectivity index (χ0n) is 10.5. The molecular weight excluding hydrogens is 248 g/mol. The molecule has 0 aliphatic carbocycles. The van der Waals surface area contributed by atoms with Crippen molar-refractivity contribution in [1.29, 1.82) is 0 Å². The minimum atomic E-state index is -0.0128. The van der Waals surface area contributed by atoms with Gasteiger partial charge in [-0.25, -0.2) is 0 Å². The van der Waals surface area contributed by atoms with Crippen LogP contribution in [0, 0.1) is 0 Å². The highest BCUT2D eigenvalue weighted by Gasteiger charge is 2.11. The fourth-order valence-electron chi connectivity index (χ4n) is 2.23. The molecule has 1 N–H and O–H groups in total. The summed E-state index contributed by atoms with van der Waals surface area (Å²) in [6, 6.07) is 7.46. The third-order valence-corrected chi connectivity index (χ3v) is 3.56. The van der Waals surface area contributed by atoms with Gasteiger partial charge in [0.15, 0.2) is 0 Å². The molecular formula is C14H19ClN2O. The van der Waals surface area contributed by atoms with Crippen LogP contribution in [0.2, 0.25) is 0 Å². The van der Waals surface area contributed by atoms with E-state index in [4.69, 9.17) is 11.6 Å². The summed E-state index contributed by atoms with van der Waals surface area (Å²) < 4.78 is 0. The van der Waals surface area contributed by atoms with Crippen molar-refractivity contribution in [1.82, 2.24) is 10.2 Å². The lowest BCUT2D eigenvalue weighted by molar-refractivity contribution is 0.0949. The Morgan fingerprint density at radius 3 is 2.83 bits per heavy atom. The highest BCUT2D eigenvalue weighted by Crippen LogP contribution is 2.08. The Morgan fingerprint density at radius 1 is 1.33 bits per heavy atom. The van der Waals surface area contributed by atoms with E-state index in [-0.39, 0.29) is 5.91 Å². The summed E-state index contributed by atoms with van der Waals surface area (Å²) in [5, 5.41) is 2.95. The molecule has 2 rings (SSSR count). The van der Waals surface area contributed by atoms with E-state index in [2.05, 4.69) is 10.2 Å². The molecule has 0 radical (unpaired) electrons. The Morgan fingerprint density at radius 2 is 2.11 bits per heavy atom. The standard InChI is InChI=1S/C14H19ClN2O/c15-11-12-4-3-5-13(10-12)14(18)16-6-9-17-7-1-2-8-17/h3-5,10H,1-2,6-9,11H2,(H,16,18). The molecule has 0 bridgehead atoms. The van der Waals surface area contributed by atoms with Gasteiger partial charge >= 0.3 is 0 Å². The molecule has 0 saturated carbocycles. The van der Waals surface area contributed by atoms with Crippen molar-refractivity contribution in [3.05, 3.63) is 35.4 Å². The summed E-state index contributed by atoms with van der Waals surface area (Å²) in [5.41, 5.74) is 1.67. The predicted octanol–water partition coefficient (Wildman–Crippen LogP) is 2.25. The molecule has 3 nitrogen and oxygen atoms in total. The fraction of sp³-hybridized carbons (Fsp3) is 0.500. The lowest BCUT2D eigenvalue weighted by atomic mass is 10.1. The molecule has 0 aromatic heterocycles. The van der Waals surface area contributed by atoms with Gasteiger partial charge in [0, 0.05) is 24.5 Å². The van der Waals surface area contributed by atoms with E-state index in [0.717, 1.165) is 25.2 Å². The average molecular weight is 267 g/mol. The van der Waals surface area contributed by atoms with Crippen molar-refractivity contribution in [2.24, 2.45) is 0 Å². The Kier molecular flexibility index (Phi) is 5.02. The van der Waals surface area contributed by atoms with Crippen molar-refractivity contribution in [2.75, 3.05) is 26.2 Å². The SMILES string of the molecule is O=C(NCCN1CCCC1)c1cccc(CCl)c1. The van der Waals surface area contributed by atoms with Crippen molar-refractivity contribution < 1.29 is 4.79 Å². The molecule has 1 heterocycles. The number of hydrogen-bond acceptors (Lipinski definition) is 2. The van der Waals surface area contributed by atoms with Gasteiger partial charge in [-0.3, -0.25) is 4.79 Å². The minimum absolute atomic E-state index is 0.0128. The first-order valence-electron chi connectivity index (χ1n) is 6.45. The van der Waals surface area contributed by atoms with Gasteiger partial charge in [-0.1, -0.05) is 12.1 Å². The third-order valence-electron chi connectivity index (χ3n) is 3.26. The number of nitrogens with zero attached hydrogens (tertiary/aromatic N) is 1. The summed E-state index contributed by atoms with van der Waals surface area (Å²) in [6.07, 6.45) is 2.57. The summed E-state index contributed by atoms with van der Waals surface area (Å²) in [7, 11) is 0. The van der Waals surface area contributed by atoms with E-state index in [9.17, 15) is 4.79 Å². The largest absolute Gasteiger partial charge is 0.351 e. The Labute approximate surface area is 113 Å². The molecule has 0 atom stereocenters. The maximum absolute atomic E-state index is 11.9. The van der Waals surface area contributed by atoms with Gasteiger partial charge in [0.25, 0.3) is 5.91 Å². The summed E-state index contributed by atoms with van der Waals surface area (Å²) >= 11 is 5.76. The van der Waals surface area contributed by atoms with Crippen LogP contribution in [0.5, 0.6) is 0 Å². The molecule has 1 aromatic carbocycles. The highest BCUT2D eigenvalue weighted by atomic mass is 35.5. The van der Waals surface area contributed by atoms with Crippen molar-refractivity contribution in [3.8, 4) is 0 Å². The predicted molar refractivity (Wildman–Crippen MR) is 74.0 cm³/mol. The first-order chi connectivity index (χ1) is 8.79. The molecule has 4 heteroatoms. The Bertz CT molecular complexity index is 403. The molecule has 18 heavy (non-hydrogen) atoms. The average Bonchev–Trinajstić information content (AvgIpc) is 2.92. The summed E-state index contributed by atoms with van der Waals surface area (Å²) in [5.74, 6) is 0.427. The van der Waals surface area contributed by atoms with Crippen LogP contribution in [-0.2, 0) is 5.88 Å².